The maximum atomic E-state index is 5.60. The van der Waals surface area contributed by atoms with E-state index >= 15 is 0 Å². The van der Waals surface area contributed by atoms with Gasteiger partial charge in [0.25, 0.3) is 0 Å². The number of ether oxygens (including phenoxy) is 2. The molecule has 0 spiro atoms. The van der Waals surface area contributed by atoms with Crippen LogP contribution in [0.15, 0.2) is 96.1 Å². The van der Waals surface area contributed by atoms with Crippen molar-refractivity contribution < 1.29 is 50.9 Å². The zero-order valence-electron chi connectivity index (χ0n) is 32.7. The first-order valence-corrected chi connectivity index (χ1v) is 24.8. The van der Waals surface area contributed by atoms with Crippen LogP contribution < -0.4 is 34.3 Å². The molecule has 4 aromatic carbocycles. The van der Waals surface area contributed by atoms with Crippen LogP contribution in [0.5, 0.6) is 11.5 Å². The Kier molecular flexibility index (Phi) is 11.6. The molecule has 2 nitrogen and oxygen atoms in total. The Bertz CT molecular complexity index is 1910. The molecular formula is C50H56Cl2O2Ti. The van der Waals surface area contributed by atoms with E-state index in [1.165, 1.54) is 112 Å². The third-order valence-corrected chi connectivity index (χ3v) is 25.8. The van der Waals surface area contributed by atoms with Crippen LogP contribution >= 0.6 is 0 Å². The van der Waals surface area contributed by atoms with Crippen LogP contribution in [0.25, 0.3) is 34.4 Å². The molecule has 5 aliphatic carbocycles. The van der Waals surface area contributed by atoms with E-state index in [0.717, 1.165) is 31.8 Å². The predicted molar refractivity (Wildman–Crippen MR) is 217 cm³/mol. The van der Waals surface area contributed by atoms with Crippen molar-refractivity contribution in [3.8, 4) is 33.8 Å². The molecule has 0 radical (unpaired) electrons. The van der Waals surface area contributed by atoms with Gasteiger partial charge < -0.3 is 24.8 Å². The average molecular weight is 808 g/mol. The summed E-state index contributed by atoms with van der Waals surface area (Å²) in [5.41, 5.74) is 15.8. The molecule has 10 rings (SSSR count). The van der Waals surface area contributed by atoms with Crippen LogP contribution in [0.3, 0.4) is 0 Å². The standard InChI is InChI=1S/2C22H23O.C6H10.2ClH.Ti/c2*1-23-20-12-10-17(11-13-20)21-9-5-8-18-14-19(15-22(18)21)16-6-3-2-4-7-16;1-2-4-6-5-3-1;;;/h2*5,8-16H,2-4,6-7H2,1H3;1-2H,3-6H2;2*1H;/q;;;;;+2/p-2. The first-order valence-electron chi connectivity index (χ1n) is 21.2. The van der Waals surface area contributed by atoms with E-state index in [0.29, 0.717) is 8.45 Å². The molecule has 0 N–H and O–H groups in total. The number of halogens is 2. The summed E-state index contributed by atoms with van der Waals surface area (Å²) in [5, 5.41) is 0. The van der Waals surface area contributed by atoms with Crippen molar-refractivity contribution in [2.45, 2.75) is 107 Å². The second-order valence-electron chi connectivity index (χ2n) is 17.4. The molecule has 286 valence electrons. The number of benzene rings is 4. The van der Waals surface area contributed by atoms with Gasteiger partial charge in [-0.3, -0.25) is 0 Å². The van der Waals surface area contributed by atoms with Gasteiger partial charge in [0, 0.05) is 0 Å². The van der Waals surface area contributed by atoms with E-state index in [-0.39, 0.29) is 24.8 Å². The summed E-state index contributed by atoms with van der Waals surface area (Å²) in [7, 11) is 3.55. The van der Waals surface area contributed by atoms with Crippen LogP contribution in [-0.2, 0) is 16.6 Å². The fourth-order valence-corrected chi connectivity index (χ4v) is 27.1. The maximum Gasteiger partial charge on any atom is -1.00 e. The molecule has 6 aliphatic rings. The molecule has 0 amide bonds. The zero-order chi connectivity index (χ0) is 35.5. The van der Waals surface area contributed by atoms with Gasteiger partial charge in [-0.15, -0.1) is 0 Å². The summed E-state index contributed by atoms with van der Waals surface area (Å²) in [5.74, 6) is 3.35. The molecule has 1 saturated heterocycles. The Morgan fingerprint density at radius 1 is 0.455 bits per heavy atom. The van der Waals surface area contributed by atoms with Gasteiger partial charge in [-0.2, -0.15) is 0 Å². The average Bonchev–Trinajstić information content (AvgIpc) is 3.49. The summed E-state index contributed by atoms with van der Waals surface area (Å²) < 4.78 is 14.5. The molecule has 4 unspecified atom stereocenters. The molecular weight excluding hydrogens is 751 g/mol. The van der Waals surface area contributed by atoms with Crippen LogP contribution in [0.2, 0.25) is 8.45 Å². The number of fused-ring (bicyclic) bond motifs is 3. The van der Waals surface area contributed by atoms with Gasteiger partial charge in [0.05, 0.1) is 0 Å². The summed E-state index contributed by atoms with van der Waals surface area (Å²) in [6, 6.07) is 32.7. The van der Waals surface area contributed by atoms with Gasteiger partial charge in [-0.25, -0.2) is 0 Å². The van der Waals surface area contributed by atoms with E-state index in [2.05, 4.69) is 97.1 Å². The van der Waals surface area contributed by atoms with Crippen molar-refractivity contribution in [1.29, 1.82) is 0 Å². The Hall–Kier alpha value is -2.75. The van der Waals surface area contributed by atoms with E-state index in [1.807, 2.05) is 11.1 Å². The second kappa shape index (κ2) is 16.2. The molecule has 4 aromatic rings. The van der Waals surface area contributed by atoms with Crippen molar-refractivity contribution in [2.24, 2.45) is 11.8 Å². The van der Waals surface area contributed by atoms with Gasteiger partial charge >= 0.3 is 323 Å². The second-order valence-corrected chi connectivity index (χ2v) is 24.6. The Morgan fingerprint density at radius 3 is 1.22 bits per heavy atom. The number of hydrogen-bond acceptors (Lipinski definition) is 2. The minimum absolute atomic E-state index is 0. The van der Waals surface area contributed by atoms with Crippen LogP contribution in [0.1, 0.15) is 121 Å². The SMILES string of the molecule is COc1ccc(-c2cccc3c2C=C(C2CCCCC2)[CH]3[Ti+2]2([CH]3C(C4CCCCC4)=Cc4c(-c5ccc(OC)cc5)cccc43)[CH]3CCCC[CH]32)cc1.[Cl-].[Cl-]. The molecule has 55 heavy (non-hydrogen) atoms. The quantitative estimate of drug-likeness (QED) is 0.168. The van der Waals surface area contributed by atoms with E-state index < -0.39 is 16.6 Å². The third-order valence-electron chi connectivity index (χ3n) is 15.1. The summed E-state index contributed by atoms with van der Waals surface area (Å²) in [4.78, 5) is 0. The number of hydrogen-bond donors (Lipinski definition) is 0. The van der Waals surface area contributed by atoms with Gasteiger partial charge in [-0.05, 0) is 0 Å². The number of rotatable bonds is 8. The maximum absolute atomic E-state index is 5.60. The van der Waals surface area contributed by atoms with Crippen LogP contribution in [0.4, 0.5) is 0 Å². The van der Waals surface area contributed by atoms with Crippen molar-refractivity contribution in [3.05, 3.63) is 118 Å². The van der Waals surface area contributed by atoms with E-state index in [4.69, 9.17) is 9.47 Å². The summed E-state index contributed by atoms with van der Waals surface area (Å²) >= 11 is -2.83. The molecule has 3 saturated carbocycles. The molecule has 1 heterocycles. The van der Waals surface area contributed by atoms with Gasteiger partial charge in [-0.1, -0.05) is 0 Å². The first kappa shape index (κ1) is 39.1. The Morgan fingerprint density at radius 2 is 0.836 bits per heavy atom. The molecule has 4 atom stereocenters. The molecule has 0 bridgehead atoms. The molecule has 5 heteroatoms. The molecule has 0 aromatic heterocycles. The van der Waals surface area contributed by atoms with E-state index in [1.54, 1.807) is 36.5 Å². The van der Waals surface area contributed by atoms with Gasteiger partial charge in [0.2, 0.25) is 0 Å². The minimum atomic E-state index is -2.83. The normalized spacial score (nSPS) is 25.9. The van der Waals surface area contributed by atoms with E-state index in [9.17, 15) is 0 Å². The van der Waals surface area contributed by atoms with Crippen molar-refractivity contribution >= 4 is 12.2 Å². The summed E-state index contributed by atoms with van der Waals surface area (Å²) in [6.45, 7) is 0. The zero-order valence-corrected chi connectivity index (χ0v) is 35.7. The molecule has 4 fully saturated rings. The smallest absolute Gasteiger partial charge is 1.00 e. The first-order chi connectivity index (χ1) is 26.2. The largest absolute Gasteiger partial charge is 1.00 e. The Balaban J connectivity index is 0.00000214. The predicted octanol–water partition coefficient (Wildman–Crippen LogP) is 8.10. The monoisotopic (exact) mass is 806 g/mol. The number of allylic oxidation sites excluding steroid dienone is 2. The van der Waals surface area contributed by atoms with Crippen LogP contribution in [0, 0.1) is 11.8 Å². The van der Waals surface area contributed by atoms with Crippen molar-refractivity contribution in [2.75, 3.05) is 14.2 Å². The fourth-order valence-electron chi connectivity index (χ4n) is 12.8. The van der Waals surface area contributed by atoms with Gasteiger partial charge in [0.1, 0.15) is 0 Å². The van der Waals surface area contributed by atoms with Crippen LogP contribution in [-0.4, -0.2) is 14.2 Å². The fraction of sp³-hybridized carbons (Fsp3) is 0.440. The van der Waals surface area contributed by atoms with Gasteiger partial charge in [0.15, 0.2) is 0 Å². The summed E-state index contributed by atoms with van der Waals surface area (Å²) in [6.07, 6.45) is 25.4. The Labute approximate surface area is 345 Å². The minimum Gasteiger partial charge on any atom is -1.00 e. The third kappa shape index (κ3) is 6.51. The molecule has 1 aliphatic heterocycles. The van der Waals surface area contributed by atoms with Crippen molar-refractivity contribution in [3.63, 3.8) is 0 Å². The topological polar surface area (TPSA) is 18.5 Å². The number of methoxy groups -OCH3 is 2. The van der Waals surface area contributed by atoms with Crippen molar-refractivity contribution in [1.82, 2.24) is 0 Å².